The largest absolute Gasteiger partial charge is 0.442 e. The van der Waals surface area contributed by atoms with Gasteiger partial charge in [-0.25, -0.2) is 4.79 Å². The fourth-order valence-electron chi connectivity index (χ4n) is 1.60. The normalized spacial score (nSPS) is 11.7. The van der Waals surface area contributed by atoms with E-state index in [2.05, 4.69) is 5.10 Å². The number of ether oxygens (including phenoxy) is 1. The summed E-state index contributed by atoms with van der Waals surface area (Å²) in [5, 5.41) is 2.80. The Balaban J connectivity index is 2.53. The van der Waals surface area contributed by atoms with Crippen molar-refractivity contribution in [3.8, 4) is 0 Å². The van der Waals surface area contributed by atoms with Crippen molar-refractivity contribution in [3.63, 3.8) is 0 Å². The van der Waals surface area contributed by atoms with Gasteiger partial charge in [0.1, 0.15) is 5.60 Å². The minimum Gasteiger partial charge on any atom is -0.442 e. The molecule has 2 aromatic rings. The number of carbonyl (C=O) groups excluding carboxylic acids is 1. The Morgan fingerprint density at radius 2 is 2.06 bits per heavy atom. The Hall–Kier alpha value is -2.24. The molecule has 0 spiro atoms. The van der Waals surface area contributed by atoms with Gasteiger partial charge in [0.25, 0.3) is 5.56 Å². The lowest BCUT2D eigenvalue weighted by atomic mass is 10.2. The summed E-state index contributed by atoms with van der Waals surface area (Å²) in [6.07, 6.45) is -0.626. The Morgan fingerprint density at radius 1 is 1.39 bits per heavy atom. The number of benzene rings is 1. The highest BCUT2D eigenvalue weighted by Gasteiger charge is 2.20. The van der Waals surface area contributed by atoms with Gasteiger partial charge in [-0.1, -0.05) is 0 Å². The minimum absolute atomic E-state index is 0.362. The second-order valence-electron chi connectivity index (χ2n) is 5.03. The highest BCUT2D eigenvalue weighted by molar-refractivity contribution is 5.89. The molecule has 6 nitrogen and oxygen atoms in total. The van der Waals surface area contributed by atoms with Crippen LogP contribution >= 0.6 is 0 Å². The van der Waals surface area contributed by atoms with Crippen LogP contribution in [0.25, 0.3) is 10.9 Å². The number of H-pyrrole nitrogens is 1. The Bertz CT molecular complexity index is 661. The first kappa shape index (κ1) is 12.2. The summed E-state index contributed by atoms with van der Waals surface area (Å²) < 4.78 is 6.28. The van der Waals surface area contributed by atoms with E-state index in [9.17, 15) is 9.59 Å². The van der Waals surface area contributed by atoms with E-state index in [0.29, 0.717) is 16.6 Å². The molecular weight excluding hydrogens is 234 g/mol. The number of nitrogens with two attached hydrogens (primary N) is 1. The van der Waals surface area contributed by atoms with Gasteiger partial charge in [-0.15, -0.1) is 0 Å². The number of fused-ring (bicyclic) bond motifs is 1. The third kappa shape index (κ3) is 2.22. The van der Waals surface area contributed by atoms with E-state index >= 15 is 0 Å². The lowest BCUT2D eigenvalue weighted by Crippen LogP contribution is -2.28. The van der Waals surface area contributed by atoms with Gasteiger partial charge in [-0.2, -0.15) is 4.68 Å². The zero-order valence-electron chi connectivity index (χ0n) is 10.5. The van der Waals surface area contributed by atoms with Crippen LogP contribution in [0.2, 0.25) is 0 Å². The fraction of sp³-hybridized carbons (Fsp3) is 0.333. The Labute approximate surface area is 103 Å². The van der Waals surface area contributed by atoms with Crippen molar-refractivity contribution >= 4 is 22.7 Å². The zero-order valence-corrected chi connectivity index (χ0v) is 10.5. The summed E-state index contributed by atoms with van der Waals surface area (Å²) in [4.78, 5) is 23.6. The standard InChI is InChI=1S/C12H15N3O3/c1-12(2,3)18-11(17)15-9-5-4-7(13)6-8(9)10(16)14-15/h4-6H,13H2,1-3H3,(H,14,16). The number of hydrogen-bond donors (Lipinski definition) is 2. The van der Waals surface area contributed by atoms with Gasteiger partial charge in [0.05, 0.1) is 10.9 Å². The van der Waals surface area contributed by atoms with Crippen LogP contribution in [0, 0.1) is 0 Å². The number of carbonyl (C=O) groups is 1. The molecule has 1 aromatic carbocycles. The lowest BCUT2D eigenvalue weighted by Gasteiger charge is -2.19. The number of rotatable bonds is 0. The van der Waals surface area contributed by atoms with Crippen molar-refractivity contribution in [3.05, 3.63) is 28.6 Å². The van der Waals surface area contributed by atoms with E-state index in [1.165, 1.54) is 6.07 Å². The number of aromatic amines is 1. The highest BCUT2D eigenvalue weighted by Crippen LogP contribution is 2.15. The molecule has 0 aliphatic heterocycles. The van der Waals surface area contributed by atoms with E-state index in [1.54, 1.807) is 32.9 Å². The molecule has 0 fully saturated rings. The van der Waals surface area contributed by atoms with Crippen LogP contribution in [0.15, 0.2) is 23.0 Å². The fourth-order valence-corrected chi connectivity index (χ4v) is 1.60. The van der Waals surface area contributed by atoms with E-state index in [1.807, 2.05) is 0 Å². The first-order chi connectivity index (χ1) is 8.28. The van der Waals surface area contributed by atoms with Crippen LogP contribution in [-0.4, -0.2) is 21.5 Å². The maximum atomic E-state index is 11.9. The molecule has 0 radical (unpaired) electrons. The van der Waals surface area contributed by atoms with Crippen LogP contribution in [0.4, 0.5) is 10.5 Å². The number of anilines is 1. The van der Waals surface area contributed by atoms with Gasteiger partial charge in [0, 0.05) is 5.69 Å². The molecule has 1 heterocycles. The molecule has 0 aliphatic rings. The predicted octanol–water partition coefficient (Wildman–Crippen LogP) is 1.70. The van der Waals surface area contributed by atoms with Crippen LogP contribution in [0.1, 0.15) is 20.8 Å². The molecule has 18 heavy (non-hydrogen) atoms. The first-order valence-electron chi connectivity index (χ1n) is 5.51. The Kier molecular flexibility index (Phi) is 2.65. The predicted molar refractivity (Wildman–Crippen MR) is 68.6 cm³/mol. The van der Waals surface area contributed by atoms with Crippen LogP contribution < -0.4 is 11.3 Å². The summed E-state index contributed by atoms with van der Waals surface area (Å²) in [7, 11) is 0. The van der Waals surface area contributed by atoms with E-state index in [-0.39, 0.29) is 5.56 Å². The van der Waals surface area contributed by atoms with Gasteiger partial charge < -0.3 is 10.5 Å². The van der Waals surface area contributed by atoms with Crippen molar-refractivity contribution < 1.29 is 9.53 Å². The van der Waals surface area contributed by atoms with Gasteiger partial charge in [-0.05, 0) is 39.0 Å². The molecule has 0 unspecified atom stereocenters. The maximum absolute atomic E-state index is 11.9. The van der Waals surface area contributed by atoms with Gasteiger partial charge in [0.2, 0.25) is 0 Å². The molecule has 0 saturated carbocycles. The molecule has 3 N–H and O–H groups in total. The SMILES string of the molecule is CC(C)(C)OC(=O)n1[nH]c(=O)c2cc(N)ccc21. The summed E-state index contributed by atoms with van der Waals surface area (Å²) in [5.74, 6) is 0. The number of nitrogens with one attached hydrogen (secondary N) is 1. The number of hydrogen-bond acceptors (Lipinski definition) is 4. The van der Waals surface area contributed by atoms with Gasteiger partial charge >= 0.3 is 6.09 Å². The van der Waals surface area contributed by atoms with Crippen molar-refractivity contribution in [2.75, 3.05) is 5.73 Å². The van der Waals surface area contributed by atoms with E-state index in [4.69, 9.17) is 10.5 Å². The zero-order chi connectivity index (χ0) is 13.5. The molecule has 0 amide bonds. The highest BCUT2D eigenvalue weighted by atomic mass is 16.6. The molecule has 0 saturated heterocycles. The topological polar surface area (TPSA) is 90.1 Å². The second-order valence-corrected chi connectivity index (χ2v) is 5.03. The van der Waals surface area contributed by atoms with Gasteiger partial charge in [-0.3, -0.25) is 9.89 Å². The maximum Gasteiger partial charge on any atom is 0.434 e. The summed E-state index contributed by atoms with van der Waals surface area (Å²) in [6.45, 7) is 5.27. The summed E-state index contributed by atoms with van der Waals surface area (Å²) in [6, 6.07) is 4.75. The number of aromatic nitrogens is 2. The molecular formula is C12H15N3O3. The lowest BCUT2D eigenvalue weighted by molar-refractivity contribution is 0.0522. The molecule has 1 aromatic heterocycles. The summed E-state index contributed by atoms with van der Waals surface area (Å²) in [5.41, 5.74) is 5.52. The summed E-state index contributed by atoms with van der Waals surface area (Å²) >= 11 is 0. The average Bonchev–Trinajstić information content (AvgIpc) is 2.54. The molecule has 2 rings (SSSR count). The molecule has 6 heteroatoms. The molecule has 96 valence electrons. The van der Waals surface area contributed by atoms with Crippen LogP contribution in [0.5, 0.6) is 0 Å². The average molecular weight is 249 g/mol. The number of nitrogen functional groups attached to an aromatic ring is 1. The quantitative estimate of drug-likeness (QED) is 0.695. The van der Waals surface area contributed by atoms with Crippen molar-refractivity contribution in [1.82, 2.24) is 9.78 Å². The third-order valence-corrected chi connectivity index (χ3v) is 2.30. The van der Waals surface area contributed by atoms with Gasteiger partial charge in [0.15, 0.2) is 0 Å². The molecule has 0 atom stereocenters. The van der Waals surface area contributed by atoms with E-state index < -0.39 is 11.7 Å². The van der Waals surface area contributed by atoms with E-state index in [0.717, 1.165) is 4.68 Å². The smallest absolute Gasteiger partial charge is 0.434 e. The van der Waals surface area contributed by atoms with Crippen molar-refractivity contribution in [2.24, 2.45) is 0 Å². The van der Waals surface area contributed by atoms with Crippen molar-refractivity contribution in [2.45, 2.75) is 26.4 Å². The van der Waals surface area contributed by atoms with Crippen molar-refractivity contribution in [1.29, 1.82) is 0 Å². The molecule has 0 aliphatic carbocycles. The molecule has 0 bridgehead atoms. The van der Waals surface area contributed by atoms with Crippen LogP contribution in [0.3, 0.4) is 0 Å². The minimum atomic E-state index is -0.627. The number of nitrogens with zero attached hydrogens (tertiary/aromatic N) is 1. The second kappa shape index (κ2) is 3.90. The first-order valence-corrected chi connectivity index (χ1v) is 5.51. The van der Waals surface area contributed by atoms with Crippen LogP contribution in [-0.2, 0) is 4.74 Å². The Morgan fingerprint density at radius 3 is 2.67 bits per heavy atom. The monoisotopic (exact) mass is 249 g/mol. The third-order valence-electron chi connectivity index (χ3n) is 2.30.